The van der Waals surface area contributed by atoms with E-state index in [1.54, 1.807) is 6.07 Å². The normalized spacial score (nSPS) is 16.8. The number of rotatable bonds is 5. The Kier molecular flexibility index (Phi) is 4.19. The van der Waals surface area contributed by atoms with E-state index in [2.05, 4.69) is 10.6 Å². The van der Waals surface area contributed by atoms with E-state index in [9.17, 15) is 4.79 Å². The molecule has 0 heterocycles. The zero-order valence-electron chi connectivity index (χ0n) is 11.5. The van der Waals surface area contributed by atoms with Crippen molar-refractivity contribution in [1.82, 2.24) is 10.6 Å². The Morgan fingerprint density at radius 1 is 1.30 bits per heavy atom. The monoisotopic (exact) mass is 316 g/mol. The van der Waals surface area contributed by atoms with Crippen LogP contribution in [0.15, 0.2) is 18.2 Å². The first-order valence-electron chi connectivity index (χ1n) is 6.45. The van der Waals surface area contributed by atoms with Crippen LogP contribution in [0.4, 0.5) is 4.79 Å². The molecular formula is C14H18Cl2N2O2. The molecule has 1 saturated carbocycles. The van der Waals surface area contributed by atoms with Gasteiger partial charge in [0.2, 0.25) is 0 Å². The van der Waals surface area contributed by atoms with Crippen molar-refractivity contribution >= 4 is 29.3 Å². The highest BCUT2D eigenvalue weighted by Crippen LogP contribution is 2.46. The molecule has 1 aliphatic carbocycles. The molecule has 0 saturated heterocycles. The lowest BCUT2D eigenvalue weighted by molar-refractivity contribution is 0.180. The molecule has 6 heteroatoms. The molecule has 0 spiro atoms. The van der Waals surface area contributed by atoms with E-state index in [4.69, 9.17) is 28.3 Å². The Balaban J connectivity index is 2.07. The van der Waals surface area contributed by atoms with Gasteiger partial charge in [-0.15, -0.1) is 0 Å². The van der Waals surface area contributed by atoms with Crippen molar-refractivity contribution in [2.45, 2.75) is 37.8 Å². The Labute approximate surface area is 128 Å². The van der Waals surface area contributed by atoms with Gasteiger partial charge >= 0.3 is 6.09 Å². The van der Waals surface area contributed by atoms with Crippen LogP contribution in [0.5, 0.6) is 0 Å². The number of nitrogens with one attached hydrogen (secondary N) is 2. The van der Waals surface area contributed by atoms with Crippen LogP contribution in [-0.4, -0.2) is 23.3 Å². The van der Waals surface area contributed by atoms with Crippen molar-refractivity contribution < 1.29 is 9.90 Å². The van der Waals surface area contributed by atoms with Gasteiger partial charge in [0.25, 0.3) is 0 Å². The summed E-state index contributed by atoms with van der Waals surface area (Å²) in [6, 6.07) is 5.52. The molecule has 0 radical (unpaired) electrons. The van der Waals surface area contributed by atoms with Crippen LogP contribution < -0.4 is 10.6 Å². The minimum atomic E-state index is -1.02. The molecule has 0 unspecified atom stereocenters. The second kappa shape index (κ2) is 5.43. The van der Waals surface area contributed by atoms with Crippen LogP contribution in [0.2, 0.25) is 10.0 Å². The van der Waals surface area contributed by atoms with Gasteiger partial charge in [0.15, 0.2) is 0 Å². The summed E-state index contributed by atoms with van der Waals surface area (Å²) in [5.74, 6) is 0. The number of hydrogen-bond donors (Lipinski definition) is 3. The third-order valence-corrected chi connectivity index (χ3v) is 3.92. The van der Waals surface area contributed by atoms with Gasteiger partial charge in [-0.3, -0.25) is 0 Å². The van der Waals surface area contributed by atoms with Crippen LogP contribution >= 0.6 is 23.2 Å². The van der Waals surface area contributed by atoms with Gasteiger partial charge in [-0.05, 0) is 50.5 Å². The highest BCUT2D eigenvalue weighted by atomic mass is 35.5. The number of halogens is 2. The van der Waals surface area contributed by atoms with E-state index < -0.39 is 11.6 Å². The standard InChI is InChI=1S/C14H18Cl2N2O2/c1-13(2,18-12(19)20)8-17-14(3-4-14)9-5-10(15)7-11(16)6-9/h5-7,17-18H,3-4,8H2,1-2H3,(H,19,20). The van der Waals surface area contributed by atoms with E-state index in [1.807, 2.05) is 26.0 Å². The lowest BCUT2D eigenvalue weighted by Gasteiger charge is -2.28. The molecule has 1 amide bonds. The molecule has 1 aliphatic rings. The number of hydrogen-bond acceptors (Lipinski definition) is 2. The van der Waals surface area contributed by atoms with E-state index in [0.29, 0.717) is 16.6 Å². The summed E-state index contributed by atoms with van der Waals surface area (Å²) < 4.78 is 0. The van der Waals surface area contributed by atoms with Gasteiger partial charge in [0.05, 0.1) is 5.54 Å². The van der Waals surface area contributed by atoms with Gasteiger partial charge in [-0.2, -0.15) is 0 Å². The maximum atomic E-state index is 10.7. The predicted molar refractivity (Wildman–Crippen MR) is 80.6 cm³/mol. The molecule has 0 aliphatic heterocycles. The van der Waals surface area contributed by atoms with Crippen LogP contribution in [0.3, 0.4) is 0 Å². The van der Waals surface area contributed by atoms with E-state index in [0.717, 1.165) is 18.4 Å². The predicted octanol–water partition coefficient (Wildman–Crippen LogP) is 3.62. The molecule has 4 nitrogen and oxygen atoms in total. The molecule has 2 rings (SSSR count). The summed E-state index contributed by atoms with van der Waals surface area (Å²) in [4.78, 5) is 10.7. The fraction of sp³-hybridized carbons (Fsp3) is 0.500. The summed E-state index contributed by atoms with van der Waals surface area (Å²) in [6.45, 7) is 4.22. The smallest absolute Gasteiger partial charge is 0.405 e. The van der Waals surface area contributed by atoms with Gasteiger partial charge in [-0.1, -0.05) is 23.2 Å². The molecule has 1 aromatic carbocycles. The highest BCUT2D eigenvalue weighted by molar-refractivity contribution is 6.34. The van der Waals surface area contributed by atoms with E-state index in [1.165, 1.54) is 0 Å². The van der Waals surface area contributed by atoms with E-state index in [-0.39, 0.29) is 5.54 Å². The maximum Gasteiger partial charge on any atom is 0.405 e. The zero-order valence-corrected chi connectivity index (χ0v) is 13.0. The van der Waals surface area contributed by atoms with Gasteiger partial charge < -0.3 is 15.7 Å². The summed E-state index contributed by atoms with van der Waals surface area (Å²) in [5.41, 5.74) is 0.386. The van der Waals surface area contributed by atoms with Crippen molar-refractivity contribution in [1.29, 1.82) is 0 Å². The maximum absolute atomic E-state index is 10.7. The molecular weight excluding hydrogens is 299 g/mol. The molecule has 1 fully saturated rings. The van der Waals surface area contributed by atoms with Gasteiger partial charge in [0.1, 0.15) is 0 Å². The molecule has 20 heavy (non-hydrogen) atoms. The Morgan fingerprint density at radius 3 is 2.30 bits per heavy atom. The molecule has 110 valence electrons. The quantitative estimate of drug-likeness (QED) is 0.777. The van der Waals surface area contributed by atoms with Crippen LogP contribution in [0.25, 0.3) is 0 Å². The lowest BCUT2D eigenvalue weighted by atomic mass is 10.0. The molecule has 1 aromatic rings. The second-order valence-corrected chi connectivity index (χ2v) is 6.78. The first kappa shape index (κ1) is 15.4. The largest absolute Gasteiger partial charge is 0.465 e. The Hall–Kier alpha value is -0.970. The summed E-state index contributed by atoms with van der Waals surface area (Å²) in [5, 5.41) is 16.0. The minimum Gasteiger partial charge on any atom is -0.465 e. The SMILES string of the molecule is CC(C)(CNC1(c2cc(Cl)cc(Cl)c2)CC1)NC(=O)O. The summed E-state index contributed by atoms with van der Waals surface area (Å²) >= 11 is 12.1. The number of carbonyl (C=O) groups is 1. The average molecular weight is 317 g/mol. The third-order valence-electron chi connectivity index (χ3n) is 3.48. The van der Waals surface area contributed by atoms with Gasteiger partial charge in [-0.25, -0.2) is 4.79 Å². The highest BCUT2D eigenvalue weighted by Gasteiger charge is 2.45. The first-order chi connectivity index (χ1) is 9.22. The minimum absolute atomic E-state index is 0.133. The fourth-order valence-corrected chi connectivity index (χ4v) is 2.77. The molecule has 0 bridgehead atoms. The second-order valence-electron chi connectivity index (χ2n) is 5.91. The van der Waals surface area contributed by atoms with Crippen LogP contribution in [-0.2, 0) is 5.54 Å². The van der Waals surface area contributed by atoms with Crippen molar-refractivity contribution in [3.63, 3.8) is 0 Å². The van der Waals surface area contributed by atoms with Crippen molar-refractivity contribution in [2.24, 2.45) is 0 Å². The number of benzene rings is 1. The van der Waals surface area contributed by atoms with Gasteiger partial charge in [0, 0.05) is 22.1 Å². The summed E-state index contributed by atoms with van der Waals surface area (Å²) in [6.07, 6.45) is 0.965. The van der Waals surface area contributed by atoms with Crippen molar-refractivity contribution in [2.75, 3.05) is 6.54 Å². The topological polar surface area (TPSA) is 61.4 Å². The summed E-state index contributed by atoms with van der Waals surface area (Å²) in [7, 11) is 0. The zero-order chi connectivity index (χ0) is 15.0. The molecule has 3 N–H and O–H groups in total. The van der Waals surface area contributed by atoms with Crippen LogP contribution in [0, 0.1) is 0 Å². The number of carboxylic acid groups (broad SMARTS) is 1. The van der Waals surface area contributed by atoms with Crippen molar-refractivity contribution in [3.05, 3.63) is 33.8 Å². The Bertz CT molecular complexity index is 508. The lowest BCUT2D eigenvalue weighted by Crippen LogP contribution is -2.51. The third kappa shape index (κ3) is 3.78. The first-order valence-corrected chi connectivity index (χ1v) is 7.21. The van der Waals surface area contributed by atoms with Crippen molar-refractivity contribution in [3.8, 4) is 0 Å². The molecule has 0 aromatic heterocycles. The number of amides is 1. The molecule has 0 atom stereocenters. The van der Waals surface area contributed by atoms with Crippen LogP contribution in [0.1, 0.15) is 32.3 Å². The fourth-order valence-electron chi connectivity index (χ4n) is 2.25. The average Bonchev–Trinajstić information content (AvgIpc) is 3.04. The Morgan fingerprint density at radius 2 is 1.85 bits per heavy atom. The van der Waals surface area contributed by atoms with E-state index >= 15 is 0 Å².